The summed E-state index contributed by atoms with van der Waals surface area (Å²) in [5.74, 6) is 0. The number of nitrogens with zero attached hydrogens (tertiary/aromatic N) is 4. The quantitative estimate of drug-likeness (QED) is 0.747. The van der Waals surface area contributed by atoms with Crippen molar-refractivity contribution in [3.05, 3.63) is 12.4 Å². The average Bonchev–Trinajstić information content (AvgIpc) is 2.76. The van der Waals surface area contributed by atoms with Gasteiger partial charge in [0.1, 0.15) is 4.90 Å². The third-order valence-corrected chi connectivity index (χ3v) is 5.60. The van der Waals surface area contributed by atoms with Crippen LogP contribution in [0.1, 0.15) is 0 Å². The van der Waals surface area contributed by atoms with E-state index in [0.717, 1.165) is 26.2 Å². The van der Waals surface area contributed by atoms with Crippen LogP contribution in [0.25, 0.3) is 0 Å². The van der Waals surface area contributed by atoms with Gasteiger partial charge >= 0.3 is 0 Å². The van der Waals surface area contributed by atoms with E-state index in [2.05, 4.69) is 15.3 Å². The van der Waals surface area contributed by atoms with E-state index in [9.17, 15) is 8.42 Å². The molecule has 0 radical (unpaired) electrons. The van der Waals surface area contributed by atoms with Gasteiger partial charge in [0.05, 0.1) is 6.20 Å². The van der Waals surface area contributed by atoms with Gasteiger partial charge in [0.25, 0.3) is 0 Å². The van der Waals surface area contributed by atoms with Gasteiger partial charge < -0.3 is 5.32 Å². The molecule has 8 heteroatoms. The molecule has 3 rings (SSSR count). The highest BCUT2D eigenvalue weighted by molar-refractivity contribution is 7.89. The maximum absolute atomic E-state index is 12.3. The number of aromatic nitrogens is 2. The minimum atomic E-state index is -3.35. The second-order valence-corrected chi connectivity index (χ2v) is 7.05. The Bertz CT molecular complexity index is 543. The van der Waals surface area contributed by atoms with E-state index in [1.54, 1.807) is 13.2 Å². The third kappa shape index (κ3) is 2.40. The summed E-state index contributed by atoms with van der Waals surface area (Å²) in [6.07, 6.45) is 2.96. The summed E-state index contributed by atoms with van der Waals surface area (Å²) in [6.45, 7) is 5.18. The Morgan fingerprint density at radius 1 is 1.32 bits per heavy atom. The summed E-state index contributed by atoms with van der Waals surface area (Å²) in [7, 11) is -1.62. The lowest BCUT2D eigenvalue weighted by Gasteiger charge is -2.45. The average molecular weight is 285 g/mol. The van der Waals surface area contributed by atoms with Crippen molar-refractivity contribution in [2.24, 2.45) is 7.05 Å². The monoisotopic (exact) mass is 285 g/mol. The summed E-state index contributed by atoms with van der Waals surface area (Å²) in [5, 5.41) is 7.23. The number of aryl methyl sites for hydroxylation is 1. The molecular weight excluding hydrogens is 266 g/mol. The molecule has 0 unspecified atom stereocenters. The van der Waals surface area contributed by atoms with Crippen LogP contribution < -0.4 is 5.32 Å². The summed E-state index contributed by atoms with van der Waals surface area (Å²) in [6, 6.07) is 0.369. The van der Waals surface area contributed by atoms with E-state index in [0.29, 0.717) is 19.1 Å². The van der Waals surface area contributed by atoms with Crippen molar-refractivity contribution in [3.8, 4) is 0 Å². The van der Waals surface area contributed by atoms with Gasteiger partial charge in [-0.25, -0.2) is 8.42 Å². The lowest BCUT2D eigenvalue weighted by molar-refractivity contribution is 0.0773. The molecule has 0 aliphatic carbocycles. The highest BCUT2D eigenvalue weighted by Crippen LogP contribution is 2.24. The predicted molar refractivity (Wildman–Crippen MR) is 70.2 cm³/mol. The molecule has 2 saturated heterocycles. The molecule has 0 spiro atoms. The van der Waals surface area contributed by atoms with Gasteiger partial charge in [0.15, 0.2) is 0 Å². The van der Waals surface area contributed by atoms with Crippen molar-refractivity contribution in [1.29, 1.82) is 0 Å². The first-order chi connectivity index (χ1) is 9.07. The molecule has 0 aromatic carbocycles. The van der Waals surface area contributed by atoms with E-state index < -0.39 is 10.0 Å². The van der Waals surface area contributed by atoms with Crippen LogP contribution in [0, 0.1) is 0 Å². The van der Waals surface area contributed by atoms with E-state index >= 15 is 0 Å². The Hall–Kier alpha value is -0.960. The van der Waals surface area contributed by atoms with Crippen molar-refractivity contribution >= 4 is 10.0 Å². The molecule has 0 bridgehead atoms. The molecule has 106 valence electrons. The Kier molecular flexibility index (Phi) is 3.34. The predicted octanol–water partition coefficient (Wildman–Crippen LogP) is -1.30. The zero-order valence-corrected chi connectivity index (χ0v) is 11.8. The van der Waals surface area contributed by atoms with Crippen molar-refractivity contribution in [3.63, 3.8) is 0 Å². The second-order valence-electron chi connectivity index (χ2n) is 5.11. The molecule has 0 atom stereocenters. The second kappa shape index (κ2) is 4.86. The first kappa shape index (κ1) is 13.0. The van der Waals surface area contributed by atoms with Gasteiger partial charge in [-0.05, 0) is 0 Å². The van der Waals surface area contributed by atoms with Crippen molar-refractivity contribution in [2.75, 3.05) is 39.3 Å². The van der Waals surface area contributed by atoms with Crippen LogP contribution in [0.4, 0.5) is 0 Å². The minimum Gasteiger partial charge on any atom is -0.314 e. The highest BCUT2D eigenvalue weighted by atomic mass is 32.2. The number of hydrogen-bond acceptors (Lipinski definition) is 5. The van der Waals surface area contributed by atoms with Crippen LogP contribution in [0.15, 0.2) is 17.3 Å². The van der Waals surface area contributed by atoms with E-state index in [1.165, 1.54) is 15.2 Å². The van der Waals surface area contributed by atoms with Gasteiger partial charge in [-0.2, -0.15) is 9.40 Å². The fourth-order valence-corrected chi connectivity index (χ4v) is 4.07. The van der Waals surface area contributed by atoms with Crippen LogP contribution in [-0.2, 0) is 17.1 Å². The number of rotatable bonds is 3. The molecule has 1 N–H and O–H groups in total. The largest absolute Gasteiger partial charge is 0.314 e. The third-order valence-electron chi connectivity index (χ3n) is 3.82. The summed E-state index contributed by atoms with van der Waals surface area (Å²) < 4.78 is 27.6. The van der Waals surface area contributed by atoms with E-state index in [-0.39, 0.29) is 4.90 Å². The van der Waals surface area contributed by atoms with Crippen molar-refractivity contribution in [1.82, 2.24) is 24.3 Å². The molecule has 2 fully saturated rings. The Morgan fingerprint density at radius 3 is 2.58 bits per heavy atom. The van der Waals surface area contributed by atoms with Crippen molar-refractivity contribution in [2.45, 2.75) is 10.9 Å². The smallest absolute Gasteiger partial charge is 0.246 e. The van der Waals surface area contributed by atoms with Gasteiger partial charge in [-0.15, -0.1) is 0 Å². The molecule has 2 aliphatic rings. The fourth-order valence-electron chi connectivity index (χ4n) is 2.57. The van der Waals surface area contributed by atoms with E-state index in [1.807, 2.05) is 0 Å². The molecule has 3 heterocycles. The molecule has 0 saturated carbocycles. The summed E-state index contributed by atoms with van der Waals surface area (Å²) in [4.78, 5) is 2.65. The number of sulfonamides is 1. The van der Waals surface area contributed by atoms with Gasteiger partial charge in [-0.1, -0.05) is 0 Å². The lowest BCUT2D eigenvalue weighted by Crippen LogP contribution is -2.63. The van der Waals surface area contributed by atoms with Crippen molar-refractivity contribution < 1.29 is 8.42 Å². The van der Waals surface area contributed by atoms with Crippen LogP contribution in [0.5, 0.6) is 0 Å². The highest BCUT2D eigenvalue weighted by Gasteiger charge is 2.40. The minimum absolute atomic E-state index is 0.286. The van der Waals surface area contributed by atoms with Crippen LogP contribution in [0.3, 0.4) is 0 Å². The SMILES string of the molecule is Cn1cc(S(=O)(=O)N2CC(N3CCNCC3)C2)cn1. The Labute approximate surface area is 113 Å². The summed E-state index contributed by atoms with van der Waals surface area (Å²) >= 11 is 0. The molecule has 1 aromatic rings. The first-order valence-corrected chi connectivity index (χ1v) is 7.95. The number of nitrogens with one attached hydrogen (secondary N) is 1. The zero-order chi connectivity index (χ0) is 13.5. The topological polar surface area (TPSA) is 70.5 Å². The van der Waals surface area contributed by atoms with Gasteiger partial charge in [0.2, 0.25) is 10.0 Å². The molecule has 1 aromatic heterocycles. The van der Waals surface area contributed by atoms with Crippen LogP contribution in [0.2, 0.25) is 0 Å². The van der Waals surface area contributed by atoms with Crippen LogP contribution in [-0.4, -0.2) is 72.7 Å². The fraction of sp³-hybridized carbons (Fsp3) is 0.727. The first-order valence-electron chi connectivity index (χ1n) is 6.51. The van der Waals surface area contributed by atoms with Gasteiger partial charge in [-0.3, -0.25) is 9.58 Å². The number of hydrogen-bond donors (Lipinski definition) is 1. The lowest BCUT2D eigenvalue weighted by atomic mass is 10.1. The number of piperazine rings is 1. The van der Waals surface area contributed by atoms with Gasteiger partial charge in [0, 0.05) is 58.6 Å². The standard InChI is InChI=1S/C11H19N5O2S/c1-14-9-11(6-13-14)19(17,18)16-7-10(8-16)15-4-2-12-3-5-15/h6,9-10,12H,2-5,7-8H2,1H3. The normalized spacial score (nSPS) is 23.4. The Morgan fingerprint density at radius 2 is 2.00 bits per heavy atom. The molecule has 0 amide bonds. The zero-order valence-electron chi connectivity index (χ0n) is 11.0. The molecule has 7 nitrogen and oxygen atoms in total. The summed E-state index contributed by atoms with van der Waals surface area (Å²) in [5.41, 5.74) is 0. The molecule has 2 aliphatic heterocycles. The molecular formula is C11H19N5O2S. The van der Waals surface area contributed by atoms with Crippen LogP contribution >= 0.6 is 0 Å². The Balaban J connectivity index is 1.63. The maximum atomic E-state index is 12.3. The van der Waals surface area contributed by atoms with E-state index in [4.69, 9.17) is 0 Å². The maximum Gasteiger partial charge on any atom is 0.246 e. The molecule has 19 heavy (non-hydrogen) atoms.